The number of rotatable bonds is 5. The summed E-state index contributed by atoms with van der Waals surface area (Å²) in [4.78, 5) is 37.8. The van der Waals surface area contributed by atoms with Crippen molar-refractivity contribution in [2.45, 2.75) is 33.2 Å². The van der Waals surface area contributed by atoms with Gasteiger partial charge in [-0.05, 0) is 78.2 Å². The van der Waals surface area contributed by atoms with Crippen molar-refractivity contribution in [2.75, 3.05) is 10.7 Å². The fraction of sp³-hybridized carbons (Fsp3) is 0.227. The van der Waals surface area contributed by atoms with Gasteiger partial charge in [-0.2, -0.15) is 0 Å². The zero-order chi connectivity index (χ0) is 22.7. The number of amides is 3. The highest BCUT2D eigenvalue weighted by Gasteiger charge is 2.22. The summed E-state index contributed by atoms with van der Waals surface area (Å²) in [6.45, 7) is 5.65. The molecule has 1 heterocycles. The number of aryl methyl sites for hydroxylation is 1. The number of fused-ring (bicyclic) bond motifs is 1. The van der Waals surface area contributed by atoms with Crippen LogP contribution in [0, 0.1) is 6.92 Å². The van der Waals surface area contributed by atoms with Gasteiger partial charge in [0.15, 0.2) is 0 Å². The Bertz CT molecular complexity index is 1180. The molecule has 162 valence electrons. The molecular formula is C22H22BrClN4O3. The molecule has 7 nitrogen and oxygen atoms in total. The van der Waals surface area contributed by atoms with Crippen molar-refractivity contribution in [3.8, 4) is 0 Å². The highest BCUT2D eigenvalue weighted by molar-refractivity contribution is 9.10. The fourth-order valence-corrected chi connectivity index (χ4v) is 3.70. The minimum Gasteiger partial charge on any atom is -0.345 e. The number of hydrogen-bond donors (Lipinski definition) is 3. The summed E-state index contributed by atoms with van der Waals surface area (Å²) in [5.74, 6) is -2.12. The molecule has 0 aliphatic rings. The van der Waals surface area contributed by atoms with Gasteiger partial charge in [0.05, 0.1) is 11.2 Å². The largest absolute Gasteiger partial charge is 0.345 e. The maximum Gasteiger partial charge on any atom is 0.328 e. The molecule has 3 N–H and O–H groups in total. The number of halogens is 2. The van der Waals surface area contributed by atoms with Crippen molar-refractivity contribution in [1.29, 1.82) is 0 Å². The van der Waals surface area contributed by atoms with Crippen LogP contribution in [0.25, 0.3) is 10.9 Å². The number of hydrogen-bond acceptors (Lipinski definition) is 3. The molecule has 0 saturated heterocycles. The van der Waals surface area contributed by atoms with Crippen LogP contribution in [0.2, 0.25) is 5.02 Å². The highest BCUT2D eigenvalue weighted by Crippen LogP contribution is 2.26. The third-order valence-corrected chi connectivity index (χ3v) is 5.67. The molecule has 3 amide bonds. The minimum atomic E-state index is -0.877. The number of anilines is 1. The lowest BCUT2D eigenvalue weighted by Gasteiger charge is -2.15. The van der Waals surface area contributed by atoms with E-state index in [2.05, 4.69) is 32.0 Å². The first-order chi connectivity index (χ1) is 14.7. The molecular weight excluding hydrogens is 484 g/mol. The van der Waals surface area contributed by atoms with Crippen LogP contribution in [0.15, 0.2) is 46.9 Å². The van der Waals surface area contributed by atoms with Crippen molar-refractivity contribution < 1.29 is 14.4 Å². The van der Waals surface area contributed by atoms with Crippen LogP contribution in [0.1, 0.15) is 36.3 Å². The van der Waals surface area contributed by atoms with Gasteiger partial charge in [-0.15, -0.1) is 0 Å². The Labute approximate surface area is 193 Å². The van der Waals surface area contributed by atoms with E-state index in [4.69, 9.17) is 11.6 Å². The molecule has 1 aromatic heterocycles. The summed E-state index contributed by atoms with van der Waals surface area (Å²) in [5.41, 5.74) is 4.81. The third-order valence-electron chi connectivity index (χ3n) is 4.78. The van der Waals surface area contributed by atoms with E-state index in [0.29, 0.717) is 28.0 Å². The first-order valence-corrected chi connectivity index (χ1v) is 10.9. The van der Waals surface area contributed by atoms with Crippen LogP contribution in [0.4, 0.5) is 5.69 Å². The van der Waals surface area contributed by atoms with E-state index >= 15 is 0 Å². The second-order valence-electron chi connectivity index (χ2n) is 7.23. The van der Waals surface area contributed by atoms with Crippen LogP contribution in [0.5, 0.6) is 0 Å². The molecule has 0 radical (unpaired) electrons. The van der Waals surface area contributed by atoms with Crippen molar-refractivity contribution in [1.82, 2.24) is 9.99 Å². The molecule has 3 rings (SSSR count). The van der Waals surface area contributed by atoms with Crippen molar-refractivity contribution in [3.63, 3.8) is 0 Å². The first-order valence-electron chi connectivity index (χ1n) is 9.70. The smallest absolute Gasteiger partial charge is 0.328 e. The van der Waals surface area contributed by atoms with Crippen molar-refractivity contribution in [2.24, 2.45) is 0 Å². The molecule has 0 fully saturated rings. The molecule has 0 aliphatic carbocycles. The van der Waals surface area contributed by atoms with Crippen LogP contribution < -0.4 is 16.1 Å². The number of nitrogens with one attached hydrogen (secondary N) is 3. The summed E-state index contributed by atoms with van der Waals surface area (Å²) < 4.78 is 2.02. The van der Waals surface area contributed by atoms with Gasteiger partial charge < -0.3 is 10.6 Å². The van der Waals surface area contributed by atoms with Gasteiger partial charge in [-0.3, -0.25) is 19.8 Å². The molecule has 2 aromatic carbocycles. The average molecular weight is 506 g/mol. The lowest BCUT2D eigenvalue weighted by atomic mass is 10.2. The number of carbonyl (C=O) groups excluding carboxylic acids is 3. The van der Waals surface area contributed by atoms with Gasteiger partial charge in [0.1, 0.15) is 5.69 Å². The van der Waals surface area contributed by atoms with E-state index in [1.807, 2.05) is 26.0 Å². The molecule has 9 heteroatoms. The summed E-state index contributed by atoms with van der Waals surface area (Å²) in [6.07, 6.45) is 0.684. The predicted molar refractivity (Wildman–Crippen MR) is 126 cm³/mol. The molecule has 0 bridgehead atoms. The zero-order valence-corrected chi connectivity index (χ0v) is 19.6. The maximum atomic E-state index is 13.1. The molecule has 0 spiro atoms. The summed E-state index contributed by atoms with van der Waals surface area (Å²) >= 11 is 9.53. The van der Waals surface area contributed by atoms with E-state index < -0.39 is 17.7 Å². The van der Waals surface area contributed by atoms with E-state index in [9.17, 15) is 14.4 Å². The molecule has 0 saturated carbocycles. The second-order valence-corrected chi connectivity index (χ2v) is 8.52. The lowest BCUT2D eigenvalue weighted by Crippen LogP contribution is -2.43. The molecule has 0 aliphatic heterocycles. The molecule has 31 heavy (non-hydrogen) atoms. The van der Waals surface area contributed by atoms with E-state index in [1.165, 1.54) is 4.68 Å². The van der Waals surface area contributed by atoms with Crippen molar-refractivity contribution >= 4 is 61.8 Å². The highest BCUT2D eigenvalue weighted by atomic mass is 79.9. The fourth-order valence-electron chi connectivity index (χ4n) is 2.93. The SMILES string of the molecule is CC[C@@H](C)NC(=O)C(=O)Nn1c(C(=O)Nc2ccc(C)cc2Br)cc2cc(Cl)ccc21. The topological polar surface area (TPSA) is 92.2 Å². The number of aromatic nitrogens is 1. The normalized spacial score (nSPS) is 11.8. The van der Waals surface area contributed by atoms with E-state index in [1.54, 1.807) is 37.3 Å². The monoisotopic (exact) mass is 504 g/mol. The van der Waals surface area contributed by atoms with Crippen LogP contribution in [-0.4, -0.2) is 28.4 Å². The number of nitrogens with zero attached hydrogens (tertiary/aromatic N) is 1. The molecule has 0 unspecified atom stereocenters. The Hall–Kier alpha value is -2.84. The quantitative estimate of drug-likeness (QED) is 0.442. The van der Waals surface area contributed by atoms with Crippen LogP contribution in [-0.2, 0) is 9.59 Å². The van der Waals surface area contributed by atoms with E-state index in [-0.39, 0.29) is 11.7 Å². The molecule has 3 aromatic rings. The average Bonchev–Trinajstić information content (AvgIpc) is 3.07. The van der Waals surface area contributed by atoms with Gasteiger partial charge in [-0.1, -0.05) is 24.6 Å². The second kappa shape index (κ2) is 9.53. The number of carbonyl (C=O) groups is 3. The summed E-state index contributed by atoms with van der Waals surface area (Å²) in [6, 6.07) is 12.0. The zero-order valence-electron chi connectivity index (χ0n) is 17.3. The van der Waals surface area contributed by atoms with Crippen LogP contribution in [0.3, 0.4) is 0 Å². The Balaban J connectivity index is 1.95. The van der Waals surface area contributed by atoms with Gasteiger partial charge >= 0.3 is 11.8 Å². The number of benzene rings is 2. The van der Waals surface area contributed by atoms with Gasteiger partial charge in [0.25, 0.3) is 5.91 Å². The molecule has 1 atom stereocenters. The predicted octanol–water partition coefficient (Wildman–Crippen LogP) is 4.60. The van der Waals surface area contributed by atoms with Crippen LogP contribution >= 0.6 is 27.5 Å². The summed E-state index contributed by atoms with van der Waals surface area (Å²) in [7, 11) is 0. The Morgan fingerprint density at radius 3 is 2.52 bits per heavy atom. The Kier molecular flexibility index (Phi) is 7.02. The standard InChI is InChI=1S/C22H22BrClN4O3/c1-4-13(3)25-21(30)22(31)27-28-18-8-6-15(24)10-14(18)11-19(28)20(29)26-17-7-5-12(2)9-16(17)23/h5-11,13H,4H2,1-3H3,(H,25,30)(H,26,29)(H,27,31)/t13-/m1/s1. The maximum absolute atomic E-state index is 13.1. The Morgan fingerprint density at radius 1 is 1.10 bits per heavy atom. The third kappa shape index (κ3) is 5.26. The summed E-state index contributed by atoms with van der Waals surface area (Å²) in [5, 5.41) is 6.56. The Morgan fingerprint density at radius 2 is 1.84 bits per heavy atom. The minimum absolute atomic E-state index is 0.148. The van der Waals surface area contributed by atoms with Crippen molar-refractivity contribution in [3.05, 3.63) is 63.2 Å². The van der Waals surface area contributed by atoms with Gasteiger partial charge in [0.2, 0.25) is 0 Å². The lowest BCUT2D eigenvalue weighted by molar-refractivity contribution is -0.137. The van der Waals surface area contributed by atoms with E-state index in [0.717, 1.165) is 10.0 Å². The first kappa shape index (κ1) is 22.8. The van der Waals surface area contributed by atoms with Gasteiger partial charge in [-0.25, -0.2) is 4.68 Å². The van der Waals surface area contributed by atoms with Gasteiger partial charge in [0, 0.05) is 20.9 Å².